The zero-order chi connectivity index (χ0) is 11.4. The first-order valence-corrected chi connectivity index (χ1v) is 5.48. The summed E-state index contributed by atoms with van der Waals surface area (Å²) in [6.07, 6.45) is 3.65. The number of aromatic nitrogens is 2. The Balaban J connectivity index is 2.08. The first-order valence-electron chi connectivity index (χ1n) is 5.48. The monoisotopic (exact) mass is 216 g/mol. The Morgan fingerprint density at radius 3 is 2.69 bits per heavy atom. The van der Waals surface area contributed by atoms with Gasteiger partial charge in [-0.25, -0.2) is 4.68 Å². The molecule has 1 aromatic carbocycles. The summed E-state index contributed by atoms with van der Waals surface area (Å²) < 4.78 is 7.40. The molecule has 16 heavy (non-hydrogen) atoms. The maximum Gasteiger partial charge on any atom is 0.157 e. The average Bonchev–Trinajstić information content (AvgIpc) is 2.76. The Hall–Kier alpha value is -1.77. The molecule has 0 radical (unpaired) electrons. The van der Waals surface area contributed by atoms with Crippen LogP contribution in [0.1, 0.15) is 13.8 Å². The van der Waals surface area contributed by atoms with Crippen molar-refractivity contribution in [2.24, 2.45) is 5.92 Å². The van der Waals surface area contributed by atoms with Gasteiger partial charge in [-0.2, -0.15) is 5.10 Å². The summed E-state index contributed by atoms with van der Waals surface area (Å²) in [5.74, 6) is 1.35. The lowest BCUT2D eigenvalue weighted by Gasteiger charge is -2.05. The fourth-order valence-electron chi connectivity index (χ4n) is 1.37. The van der Waals surface area contributed by atoms with Crippen molar-refractivity contribution in [3.8, 4) is 11.4 Å². The number of hydrogen-bond donors (Lipinski definition) is 0. The van der Waals surface area contributed by atoms with Gasteiger partial charge in [-0.1, -0.05) is 32.0 Å². The minimum atomic E-state index is 0.528. The molecule has 3 nitrogen and oxygen atoms in total. The molecule has 1 heterocycles. The summed E-state index contributed by atoms with van der Waals surface area (Å²) in [4.78, 5) is 0. The van der Waals surface area contributed by atoms with E-state index in [1.54, 1.807) is 6.20 Å². The maximum absolute atomic E-state index is 5.59. The second-order valence-electron chi connectivity index (χ2n) is 4.16. The van der Waals surface area contributed by atoms with Gasteiger partial charge in [0, 0.05) is 0 Å². The topological polar surface area (TPSA) is 27.1 Å². The second kappa shape index (κ2) is 4.84. The van der Waals surface area contributed by atoms with Crippen molar-refractivity contribution in [3.05, 3.63) is 42.7 Å². The van der Waals surface area contributed by atoms with Crippen LogP contribution in [0.3, 0.4) is 0 Å². The fraction of sp³-hybridized carbons (Fsp3) is 0.308. The van der Waals surface area contributed by atoms with Crippen molar-refractivity contribution in [1.82, 2.24) is 9.78 Å². The second-order valence-corrected chi connectivity index (χ2v) is 4.16. The van der Waals surface area contributed by atoms with Crippen molar-refractivity contribution < 1.29 is 4.74 Å². The van der Waals surface area contributed by atoms with Crippen molar-refractivity contribution in [2.75, 3.05) is 6.61 Å². The van der Waals surface area contributed by atoms with Crippen LogP contribution in [0.25, 0.3) is 5.69 Å². The van der Waals surface area contributed by atoms with Crippen LogP contribution in [0, 0.1) is 5.92 Å². The first-order chi connectivity index (χ1) is 7.75. The van der Waals surface area contributed by atoms with E-state index < -0.39 is 0 Å². The molecular formula is C13H16N2O. The zero-order valence-corrected chi connectivity index (χ0v) is 9.63. The minimum Gasteiger partial charge on any atom is -0.490 e. The van der Waals surface area contributed by atoms with Gasteiger partial charge < -0.3 is 4.74 Å². The molecule has 0 amide bonds. The van der Waals surface area contributed by atoms with Gasteiger partial charge in [-0.15, -0.1) is 0 Å². The van der Waals surface area contributed by atoms with Crippen molar-refractivity contribution in [3.63, 3.8) is 0 Å². The molecule has 84 valence electrons. The molecule has 0 bridgehead atoms. The van der Waals surface area contributed by atoms with Gasteiger partial charge in [0.25, 0.3) is 0 Å². The Morgan fingerprint density at radius 1 is 1.25 bits per heavy atom. The van der Waals surface area contributed by atoms with E-state index in [9.17, 15) is 0 Å². The number of para-hydroxylation sites is 1. The summed E-state index contributed by atoms with van der Waals surface area (Å²) in [7, 11) is 0. The third kappa shape index (κ3) is 2.63. The normalized spacial score (nSPS) is 10.7. The van der Waals surface area contributed by atoms with Crippen LogP contribution in [0.2, 0.25) is 0 Å². The van der Waals surface area contributed by atoms with E-state index in [0.29, 0.717) is 5.92 Å². The van der Waals surface area contributed by atoms with Crippen LogP contribution in [-0.4, -0.2) is 16.4 Å². The van der Waals surface area contributed by atoms with Gasteiger partial charge in [0.1, 0.15) is 0 Å². The molecular weight excluding hydrogens is 200 g/mol. The van der Waals surface area contributed by atoms with Gasteiger partial charge in [0.15, 0.2) is 5.75 Å². The van der Waals surface area contributed by atoms with E-state index in [1.165, 1.54) is 0 Å². The Kier molecular flexibility index (Phi) is 3.25. The maximum atomic E-state index is 5.59. The van der Waals surface area contributed by atoms with Gasteiger partial charge in [-0.3, -0.25) is 0 Å². The van der Waals surface area contributed by atoms with E-state index in [0.717, 1.165) is 18.0 Å². The number of hydrogen-bond acceptors (Lipinski definition) is 2. The van der Waals surface area contributed by atoms with Crippen LogP contribution in [0.15, 0.2) is 42.7 Å². The molecule has 0 aliphatic carbocycles. The summed E-state index contributed by atoms with van der Waals surface area (Å²) in [5, 5.41) is 4.26. The van der Waals surface area contributed by atoms with Crippen LogP contribution in [0.5, 0.6) is 5.75 Å². The molecule has 2 aromatic rings. The number of ether oxygens (including phenoxy) is 1. The highest BCUT2D eigenvalue weighted by Gasteiger charge is 2.02. The zero-order valence-electron chi connectivity index (χ0n) is 9.63. The van der Waals surface area contributed by atoms with E-state index in [2.05, 4.69) is 18.9 Å². The Bertz CT molecular complexity index is 434. The Morgan fingerprint density at radius 2 is 2.00 bits per heavy atom. The van der Waals surface area contributed by atoms with Gasteiger partial charge >= 0.3 is 0 Å². The minimum absolute atomic E-state index is 0.528. The molecule has 3 heteroatoms. The van der Waals surface area contributed by atoms with Gasteiger partial charge in [0.2, 0.25) is 0 Å². The summed E-state index contributed by atoms with van der Waals surface area (Å²) in [6, 6.07) is 10.00. The standard InChI is InChI=1S/C13H16N2O/c1-11(2)10-16-13-8-14-15(9-13)12-6-4-3-5-7-12/h3-9,11H,10H2,1-2H3. The molecule has 0 fully saturated rings. The van der Waals surface area contributed by atoms with E-state index in [4.69, 9.17) is 4.74 Å². The molecule has 0 unspecified atom stereocenters. The third-order valence-corrected chi connectivity index (χ3v) is 2.16. The van der Waals surface area contributed by atoms with Crippen LogP contribution < -0.4 is 4.74 Å². The van der Waals surface area contributed by atoms with Crippen LogP contribution >= 0.6 is 0 Å². The molecule has 0 saturated carbocycles. The predicted octanol–water partition coefficient (Wildman–Crippen LogP) is 2.91. The van der Waals surface area contributed by atoms with Gasteiger partial charge in [0.05, 0.1) is 24.7 Å². The Labute approximate surface area is 95.7 Å². The molecule has 0 saturated heterocycles. The quantitative estimate of drug-likeness (QED) is 0.785. The average molecular weight is 216 g/mol. The SMILES string of the molecule is CC(C)COc1cnn(-c2ccccc2)c1. The summed E-state index contributed by atoms with van der Waals surface area (Å²) >= 11 is 0. The predicted molar refractivity (Wildman–Crippen MR) is 63.9 cm³/mol. The summed E-state index contributed by atoms with van der Waals surface area (Å²) in [6.45, 7) is 4.98. The highest BCUT2D eigenvalue weighted by atomic mass is 16.5. The molecule has 0 spiro atoms. The molecule has 0 atom stereocenters. The van der Waals surface area contributed by atoms with Crippen LogP contribution in [-0.2, 0) is 0 Å². The van der Waals surface area contributed by atoms with Crippen molar-refractivity contribution >= 4 is 0 Å². The first kappa shape index (κ1) is 10.7. The summed E-state index contributed by atoms with van der Waals surface area (Å²) in [5.41, 5.74) is 1.04. The smallest absolute Gasteiger partial charge is 0.157 e. The molecule has 0 N–H and O–H groups in total. The lowest BCUT2D eigenvalue weighted by molar-refractivity contribution is 0.271. The molecule has 1 aromatic heterocycles. The van der Waals surface area contributed by atoms with Crippen LogP contribution in [0.4, 0.5) is 0 Å². The van der Waals surface area contributed by atoms with Gasteiger partial charge in [-0.05, 0) is 18.1 Å². The fourth-order valence-corrected chi connectivity index (χ4v) is 1.37. The lowest BCUT2D eigenvalue weighted by Crippen LogP contribution is -2.03. The molecule has 0 aliphatic rings. The van der Waals surface area contributed by atoms with Crippen molar-refractivity contribution in [1.29, 1.82) is 0 Å². The molecule has 2 rings (SSSR count). The highest BCUT2D eigenvalue weighted by molar-refractivity contribution is 5.32. The largest absolute Gasteiger partial charge is 0.490 e. The van der Waals surface area contributed by atoms with E-state index in [-0.39, 0.29) is 0 Å². The number of benzene rings is 1. The number of nitrogens with zero attached hydrogens (tertiary/aromatic N) is 2. The van der Waals surface area contributed by atoms with E-state index in [1.807, 2.05) is 41.2 Å². The molecule has 0 aliphatic heterocycles. The lowest BCUT2D eigenvalue weighted by atomic mass is 10.2. The highest BCUT2D eigenvalue weighted by Crippen LogP contribution is 2.13. The third-order valence-electron chi connectivity index (χ3n) is 2.16. The number of rotatable bonds is 4. The van der Waals surface area contributed by atoms with E-state index >= 15 is 0 Å². The van der Waals surface area contributed by atoms with Crippen molar-refractivity contribution in [2.45, 2.75) is 13.8 Å².